The molecule has 3 aromatic heterocycles. The van der Waals surface area contributed by atoms with Crippen molar-refractivity contribution in [3.63, 3.8) is 0 Å². The van der Waals surface area contributed by atoms with Crippen LogP contribution in [0, 0.1) is 0 Å². The smallest absolute Gasteiger partial charge is 0.341 e. The van der Waals surface area contributed by atoms with Crippen LogP contribution >= 0.6 is 11.8 Å². The van der Waals surface area contributed by atoms with Crippen LogP contribution in [0.4, 0.5) is 0 Å². The Kier molecular flexibility index (Phi) is 5.00. The molecular weight excluding hydrogens is 398 g/mol. The van der Waals surface area contributed by atoms with Gasteiger partial charge in [0.2, 0.25) is 0 Å². The highest BCUT2D eigenvalue weighted by atomic mass is 32.2. The fraction of sp³-hybridized carbons (Fsp3) is 0.273. The summed E-state index contributed by atoms with van der Waals surface area (Å²) in [6.45, 7) is 0.764. The molecule has 1 aliphatic rings. The molecule has 5 rings (SSSR count). The van der Waals surface area contributed by atoms with E-state index in [2.05, 4.69) is 44.0 Å². The number of aromatic nitrogens is 5. The Morgan fingerprint density at radius 2 is 2.00 bits per heavy atom. The standard InChI is InChI=1S/C22H21N5O2S/c1-29-21(28)18-8-5-11-26-13-17(23-20(18)26)14-30-22-25-24-19(16-9-10-16)27(22)12-15-6-3-2-4-7-15/h2-8,11,13,16H,9-10,12,14H2,1H3. The molecule has 1 saturated carbocycles. The van der Waals surface area contributed by atoms with Crippen molar-refractivity contribution < 1.29 is 9.53 Å². The second kappa shape index (κ2) is 7.95. The van der Waals surface area contributed by atoms with Crippen LogP contribution in [0.3, 0.4) is 0 Å². The molecule has 0 atom stereocenters. The highest BCUT2D eigenvalue weighted by Gasteiger charge is 2.30. The van der Waals surface area contributed by atoms with Crippen LogP contribution < -0.4 is 0 Å². The number of hydrogen-bond donors (Lipinski definition) is 0. The van der Waals surface area contributed by atoms with Gasteiger partial charge in [-0.15, -0.1) is 10.2 Å². The van der Waals surface area contributed by atoms with Crippen molar-refractivity contribution in [2.24, 2.45) is 0 Å². The van der Waals surface area contributed by atoms with Crippen LogP contribution in [0.25, 0.3) is 5.65 Å². The predicted molar refractivity (Wildman–Crippen MR) is 114 cm³/mol. The van der Waals surface area contributed by atoms with Gasteiger partial charge in [-0.05, 0) is 30.5 Å². The van der Waals surface area contributed by atoms with Crippen molar-refractivity contribution in [1.82, 2.24) is 24.1 Å². The van der Waals surface area contributed by atoms with Gasteiger partial charge < -0.3 is 13.7 Å². The number of methoxy groups -OCH3 is 1. The first-order chi connectivity index (χ1) is 14.7. The first kappa shape index (κ1) is 18.9. The SMILES string of the molecule is COC(=O)c1cccn2cc(CSc3nnc(C4CC4)n3Cc3ccccc3)nc12. The predicted octanol–water partition coefficient (Wildman–Crippen LogP) is 3.93. The molecule has 0 aliphatic heterocycles. The Bertz CT molecular complexity index is 1200. The molecule has 0 spiro atoms. The second-order valence-corrected chi connectivity index (χ2v) is 8.29. The van der Waals surface area contributed by atoms with Crippen LogP contribution in [0.5, 0.6) is 0 Å². The van der Waals surface area contributed by atoms with E-state index in [0.717, 1.165) is 23.2 Å². The number of esters is 1. The summed E-state index contributed by atoms with van der Waals surface area (Å²) in [6, 6.07) is 13.9. The fourth-order valence-electron chi connectivity index (χ4n) is 3.51. The number of pyridine rings is 1. The zero-order valence-electron chi connectivity index (χ0n) is 16.6. The molecule has 0 saturated heterocycles. The van der Waals surface area contributed by atoms with Gasteiger partial charge in [0.25, 0.3) is 0 Å². The number of nitrogens with zero attached hydrogens (tertiary/aromatic N) is 5. The molecule has 152 valence electrons. The Labute approximate surface area is 178 Å². The molecule has 1 fully saturated rings. The summed E-state index contributed by atoms with van der Waals surface area (Å²) in [5.41, 5.74) is 3.17. The summed E-state index contributed by atoms with van der Waals surface area (Å²) in [4.78, 5) is 16.7. The van der Waals surface area contributed by atoms with Gasteiger partial charge in [-0.25, -0.2) is 9.78 Å². The number of benzene rings is 1. The Morgan fingerprint density at radius 1 is 1.17 bits per heavy atom. The maximum absolute atomic E-state index is 12.0. The molecular formula is C22H21N5O2S. The number of hydrogen-bond acceptors (Lipinski definition) is 6. The minimum Gasteiger partial charge on any atom is -0.465 e. The van der Waals surface area contributed by atoms with Gasteiger partial charge in [-0.3, -0.25) is 0 Å². The number of fused-ring (bicyclic) bond motifs is 1. The van der Waals surface area contributed by atoms with Crippen molar-refractivity contribution in [2.45, 2.75) is 36.2 Å². The van der Waals surface area contributed by atoms with Crippen molar-refractivity contribution in [1.29, 1.82) is 0 Å². The summed E-state index contributed by atoms with van der Waals surface area (Å²) in [7, 11) is 1.38. The van der Waals surface area contributed by atoms with E-state index in [9.17, 15) is 4.79 Å². The number of imidazole rings is 1. The summed E-state index contributed by atoms with van der Waals surface area (Å²) in [5, 5.41) is 9.85. The third-order valence-corrected chi connectivity index (χ3v) is 6.16. The van der Waals surface area contributed by atoms with Crippen LogP contribution in [0.1, 0.15) is 46.2 Å². The molecule has 0 unspecified atom stereocenters. The van der Waals surface area contributed by atoms with Crippen LogP contribution in [-0.4, -0.2) is 37.2 Å². The van der Waals surface area contributed by atoms with E-state index in [1.54, 1.807) is 17.8 Å². The Balaban J connectivity index is 1.39. The van der Waals surface area contributed by atoms with Crippen LogP contribution in [0.2, 0.25) is 0 Å². The normalized spacial score (nSPS) is 13.6. The van der Waals surface area contributed by atoms with Gasteiger partial charge in [-0.1, -0.05) is 42.1 Å². The lowest BCUT2D eigenvalue weighted by atomic mass is 10.2. The third-order valence-electron chi connectivity index (χ3n) is 5.16. The van der Waals surface area contributed by atoms with E-state index < -0.39 is 0 Å². The summed E-state index contributed by atoms with van der Waals surface area (Å²) in [6.07, 6.45) is 6.18. The van der Waals surface area contributed by atoms with E-state index in [1.807, 2.05) is 28.9 Å². The molecule has 0 radical (unpaired) electrons. The zero-order valence-corrected chi connectivity index (χ0v) is 17.4. The summed E-state index contributed by atoms with van der Waals surface area (Å²) in [5.74, 6) is 1.85. The largest absolute Gasteiger partial charge is 0.465 e. The number of ether oxygens (including phenoxy) is 1. The van der Waals surface area contributed by atoms with Gasteiger partial charge in [-0.2, -0.15) is 0 Å². The quantitative estimate of drug-likeness (QED) is 0.334. The van der Waals surface area contributed by atoms with Gasteiger partial charge in [0.15, 0.2) is 10.8 Å². The average Bonchev–Trinajstić information content (AvgIpc) is 3.41. The van der Waals surface area contributed by atoms with E-state index in [1.165, 1.54) is 25.5 Å². The molecule has 7 nitrogen and oxygen atoms in total. The monoisotopic (exact) mass is 419 g/mol. The van der Waals surface area contributed by atoms with Gasteiger partial charge >= 0.3 is 5.97 Å². The highest BCUT2D eigenvalue weighted by molar-refractivity contribution is 7.98. The number of thioether (sulfide) groups is 1. The third kappa shape index (κ3) is 3.70. The van der Waals surface area contributed by atoms with Gasteiger partial charge in [0.1, 0.15) is 11.4 Å². The lowest BCUT2D eigenvalue weighted by molar-refractivity contribution is 0.0602. The van der Waals surface area contributed by atoms with Crippen molar-refractivity contribution in [3.05, 3.63) is 77.5 Å². The number of rotatable bonds is 7. The fourth-order valence-corrected chi connectivity index (χ4v) is 4.33. The molecule has 3 heterocycles. The van der Waals surface area contributed by atoms with Gasteiger partial charge in [0.05, 0.1) is 19.3 Å². The first-order valence-corrected chi connectivity index (χ1v) is 10.9. The molecule has 0 N–H and O–H groups in total. The number of carbonyl (C=O) groups is 1. The minimum atomic E-state index is -0.387. The first-order valence-electron chi connectivity index (χ1n) is 9.87. The maximum atomic E-state index is 12.0. The van der Waals surface area contributed by atoms with Gasteiger partial charge in [0, 0.05) is 24.1 Å². The lowest BCUT2D eigenvalue weighted by Crippen LogP contribution is -2.06. The van der Waals surface area contributed by atoms with Crippen molar-refractivity contribution in [2.75, 3.05) is 7.11 Å². The molecule has 4 aromatic rings. The molecule has 30 heavy (non-hydrogen) atoms. The molecule has 1 aliphatic carbocycles. The average molecular weight is 420 g/mol. The summed E-state index contributed by atoms with van der Waals surface area (Å²) >= 11 is 1.62. The van der Waals surface area contributed by atoms with Crippen molar-refractivity contribution >= 4 is 23.4 Å². The minimum absolute atomic E-state index is 0.387. The Morgan fingerprint density at radius 3 is 2.77 bits per heavy atom. The highest BCUT2D eigenvalue weighted by Crippen LogP contribution is 2.40. The topological polar surface area (TPSA) is 74.3 Å². The lowest BCUT2D eigenvalue weighted by Gasteiger charge is -2.09. The van der Waals surface area contributed by atoms with E-state index >= 15 is 0 Å². The van der Waals surface area contributed by atoms with E-state index in [0.29, 0.717) is 22.9 Å². The van der Waals surface area contributed by atoms with E-state index in [-0.39, 0.29) is 5.97 Å². The van der Waals surface area contributed by atoms with Crippen LogP contribution in [-0.2, 0) is 17.0 Å². The number of carbonyl (C=O) groups excluding carboxylic acids is 1. The summed E-state index contributed by atoms with van der Waals surface area (Å²) < 4.78 is 8.95. The molecule has 1 aromatic carbocycles. The van der Waals surface area contributed by atoms with E-state index in [4.69, 9.17) is 4.74 Å². The molecule has 0 amide bonds. The van der Waals surface area contributed by atoms with Crippen LogP contribution in [0.15, 0.2) is 60.0 Å². The molecule has 8 heteroatoms. The zero-order chi connectivity index (χ0) is 20.5. The second-order valence-electron chi connectivity index (χ2n) is 7.35. The van der Waals surface area contributed by atoms with Crippen molar-refractivity contribution in [3.8, 4) is 0 Å². The molecule has 0 bridgehead atoms. The Hall–Kier alpha value is -3.13. The maximum Gasteiger partial charge on any atom is 0.341 e.